The van der Waals surface area contributed by atoms with Gasteiger partial charge in [0.2, 0.25) is 0 Å². The third-order valence-corrected chi connectivity index (χ3v) is 3.83. The van der Waals surface area contributed by atoms with Crippen LogP contribution in [0.25, 0.3) is 0 Å². The van der Waals surface area contributed by atoms with Crippen LogP contribution in [-0.2, 0) is 16.1 Å². The summed E-state index contributed by atoms with van der Waals surface area (Å²) in [4.78, 5) is 6.53. The van der Waals surface area contributed by atoms with Gasteiger partial charge in [0.05, 0.1) is 19.3 Å². The van der Waals surface area contributed by atoms with Gasteiger partial charge in [0, 0.05) is 38.1 Å². The summed E-state index contributed by atoms with van der Waals surface area (Å²) in [6.45, 7) is 4.72. The van der Waals surface area contributed by atoms with Gasteiger partial charge in [-0.3, -0.25) is 9.88 Å². The van der Waals surface area contributed by atoms with Gasteiger partial charge in [0.25, 0.3) is 0 Å². The molecule has 4 nitrogen and oxygen atoms in total. The van der Waals surface area contributed by atoms with Crippen molar-refractivity contribution >= 4 is 0 Å². The monoisotopic (exact) mass is 248 g/mol. The molecule has 2 aliphatic rings. The number of aromatic nitrogens is 1. The molecule has 0 aliphatic carbocycles. The number of likely N-dealkylation sites (tertiary alicyclic amines) is 1. The first-order chi connectivity index (χ1) is 8.92. The second kappa shape index (κ2) is 5.78. The lowest BCUT2D eigenvalue weighted by Gasteiger charge is -2.22. The van der Waals surface area contributed by atoms with Gasteiger partial charge in [0.15, 0.2) is 0 Å². The summed E-state index contributed by atoms with van der Waals surface area (Å²) in [5.41, 5.74) is 1.20. The van der Waals surface area contributed by atoms with E-state index in [4.69, 9.17) is 9.47 Å². The van der Waals surface area contributed by atoms with Crippen molar-refractivity contribution in [1.29, 1.82) is 0 Å². The summed E-state index contributed by atoms with van der Waals surface area (Å²) < 4.78 is 11.4. The fraction of sp³-hybridized carbons (Fsp3) is 0.643. The maximum absolute atomic E-state index is 5.97. The van der Waals surface area contributed by atoms with Crippen LogP contribution in [0.5, 0.6) is 0 Å². The number of rotatable bonds is 4. The molecule has 2 atom stereocenters. The minimum Gasteiger partial charge on any atom is -0.380 e. The van der Waals surface area contributed by atoms with E-state index in [2.05, 4.69) is 9.88 Å². The van der Waals surface area contributed by atoms with Crippen molar-refractivity contribution in [2.75, 3.05) is 26.3 Å². The van der Waals surface area contributed by atoms with Crippen LogP contribution >= 0.6 is 0 Å². The van der Waals surface area contributed by atoms with Crippen LogP contribution in [0.3, 0.4) is 0 Å². The lowest BCUT2D eigenvalue weighted by atomic mass is 10.2. The zero-order valence-electron chi connectivity index (χ0n) is 10.6. The maximum Gasteiger partial charge on any atom is 0.0722 e. The molecule has 0 spiro atoms. The van der Waals surface area contributed by atoms with Crippen molar-refractivity contribution in [3.63, 3.8) is 0 Å². The van der Waals surface area contributed by atoms with Crippen molar-refractivity contribution in [2.45, 2.75) is 31.6 Å². The van der Waals surface area contributed by atoms with Gasteiger partial charge in [-0.1, -0.05) is 0 Å². The fourth-order valence-corrected chi connectivity index (χ4v) is 2.72. The molecule has 0 bridgehead atoms. The molecule has 3 heterocycles. The average molecular weight is 248 g/mol. The Labute approximate surface area is 108 Å². The van der Waals surface area contributed by atoms with Crippen molar-refractivity contribution < 1.29 is 9.47 Å². The van der Waals surface area contributed by atoms with E-state index in [1.807, 2.05) is 24.5 Å². The molecule has 2 fully saturated rings. The summed E-state index contributed by atoms with van der Waals surface area (Å²) in [7, 11) is 0. The first kappa shape index (κ1) is 12.1. The summed E-state index contributed by atoms with van der Waals surface area (Å²) in [5.74, 6) is 0. The maximum atomic E-state index is 5.97. The molecular weight excluding hydrogens is 228 g/mol. The molecular formula is C14H20N2O2. The van der Waals surface area contributed by atoms with Crippen LogP contribution in [0.1, 0.15) is 18.4 Å². The smallest absolute Gasteiger partial charge is 0.0722 e. The molecule has 0 radical (unpaired) electrons. The second-order valence-corrected chi connectivity index (χ2v) is 5.09. The lowest BCUT2D eigenvalue weighted by molar-refractivity contribution is 0.0423. The van der Waals surface area contributed by atoms with E-state index >= 15 is 0 Å². The molecule has 18 heavy (non-hydrogen) atoms. The van der Waals surface area contributed by atoms with Crippen molar-refractivity contribution in [3.8, 4) is 0 Å². The molecule has 0 N–H and O–H groups in total. The minimum atomic E-state index is 0.374. The van der Waals surface area contributed by atoms with Crippen LogP contribution in [0.15, 0.2) is 24.5 Å². The second-order valence-electron chi connectivity index (χ2n) is 5.09. The number of pyridine rings is 1. The molecule has 1 unspecified atom stereocenters. The van der Waals surface area contributed by atoms with E-state index in [9.17, 15) is 0 Å². The van der Waals surface area contributed by atoms with Crippen LogP contribution in [0, 0.1) is 0 Å². The Kier molecular flexibility index (Phi) is 3.88. The lowest BCUT2D eigenvalue weighted by Crippen LogP contribution is -2.34. The van der Waals surface area contributed by atoms with Gasteiger partial charge < -0.3 is 9.47 Å². The quantitative estimate of drug-likeness (QED) is 0.808. The predicted octanol–water partition coefficient (Wildman–Crippen LogP) is 1.46. The number of nitrogens with zero attached hydrogens (tertiary/aromatic N) is 2. The van der Waals surface area contributed by atoms with Gasteiger partial charge in [0.1, 0.15) is 0 Å². The van der Waals surface area contributed by atoms with E-state index in [0.717, 1.165) is 32.7 Å². The molecule has 0 aromatic carbocycles. The minimum absolute atomic E-state index is 0.374. The first-order valence-electron chi connectivity index (χ1n) is 6.74. The highest BCUT2D eigenvalue weighted by Gasteiger charge is 2.30. The molecule has 1 aromatic rings. The van der Waals surface area contributed by atoms with E-state index in [1.54, 1.807) is 0 Å². The Morgan fingerprint density at radius 1 is 1.33 bits per heavy atom. The van der Waals surface area contributed by atoms with Crippen molar-refractivity contribution in [1.82, 2.24) is 9.88 Å². The number of ether oxygens (including phenoxy) is 2. The molecule has 0 saturated carbocycles. The van der Waals surface area contributed by atoms with E-state index in [0.29, 0.717) is 18.8 Å². The molecule has 2 saturated heterocycles. The van der Waals surface area contributed by atoms with Crippen molar-refractivity contribution in [3.05, 3.63) is 30.1 Å². The summed E-state index contributed by atoms with van der Waals surface area (Å²) in [6, 6.07) is 4.65. The van der Waals surface area contributed by atoms with Crippen LogP contribution < -0.4 is 0 Å². The Balaban J connectivity index is 1.45. The standard InChI is InChI=1S/C14H20N2O2/c1-5-15-6-2-12(1)10-18-14-3-7-16(9-14)13-4-8-17-11-13/h1-2,5-6,13-14H,3-4,7-11H2/t13?,14-/m1/s1. The fourth-order valence-electron chi connectivity index (χ4n) is 2.72. The van der Waals surface area contributed by atoms with E-state index in [1.165, 1.54) is 12.0 Å². The largest absolute Gasteiger partial charge is 0.380 e. The van der Waals surface area contributed by atoms with Gasteiger partial charge in [-0.2, -0.15) is 0 Å². The molecule has 4 heteroatoms. The number of hydrogen-bond acceptors (Lipinski definition) is 4. The SMILES string of the molecule is c1cc(CO[C@@H]2CCN(C3CCOC3)C2)ccn1. The van der Waals surface area contributed by atoms with E-state index in [-0.39, 0.29) is 0 Å². The van der Waals surface area contributed by atoms with Gasteiger partial charge in [-0.15, -0.1) is 0 Å². The predicted molar refractivity (Wildman–Crippen MR) is 68.2 cm³/mol. The van der Waals surface area contributed by atoms with Crippen LogP contribution in [-0.4, -0.2) is 48.3 Å². The Morgan fingerprint density at radius 2 is 2.22 bits per heavy atom. The highest BCUT2D eigenvalue weighted by Crippen LogP contribution is 2.21. The van der Waals surface area contributed by atoms with Crippen LogP contribution in [0.4, 0.5) is 0 Å². The normalized spacial score (nSPS) is 28.9. The highest BCUT2D eigenvalue weighted by molar-refractivity contribution is 5.08. The zero-order valence-corrected chi connectivity index (χ0v) is 10.6. The van der Waals surface area contributed by atoms with Gasteiger partial charge >= 0.3 is 0 Å². The highest BCUT2D eigenvalue weighted by atomic mass is 16.5. The summed E-state index contributed by atoms with van der Waals surface area (Å²) >= 11 is 0. The third-order valence-electron chi connectivity index (χ3n) is 3.83. The Bertz CT molecular complexity index is 365. The first-order valence-corrected chi connectivity index (χ1v) is 6.74. The molecule has 2 aliphatic heterocycles. The number of hydrogen-bond donors (Lipinski definition) is 0. The molecule has 98 valence electrons. The Morgan fingerprint density at radius 3 is 3.00 bits per heavy atom. The topological polar surface area (TPSA) is 34.6 Å². The molecule has 0 amide bonds. The van der Waals surface area contributed by atoms with Crippen LogP contribution in [0.2, 0.25) is 0 Å². The van der Waals surface area contributed by atoms with Crippen molar-refractivity contribution in [2.24, 2.45) is 0 Å². The van der Waals surface area contributed by atoms with Gasteiger partial charge in [-0.05, 0) is 30.5 Å². The zero-order chi connectivity index (χ0) is 12.2. The van der Waals surface area contributed by atoms with Gasteiger partial charge in [-0.25, -0.2) is 0 Å². The third kappa shape index (κ3) is 2.88. The Hall–Kier alpha value is -0.970. The van der Waals surface area contributed by atoms with E-state index < -0.39 is 0 Å². The summed E-state index contributed by atoms with van der Waals surface area (Å²) in [6.07, 6.45) is 6.32. The average Bonchev–Trinajstić information content (AvgIpc) is 3.08. The molecule has 1 aromatic heterocycles. The summed E-state index contributed by atoms with van der Waals surface area (Å²) in [5, 5.41) is 0. The molecule has 3 rings (SSSR count).